The van der Waals surface area contributed by atoms with Gasteiger partial charge in [-0.2, -0.15) is 8.78 Å². The van der Waals surface area contributed by atoms with Crippen molar-refractivity contribution in [1.29, 1.82) is 0 Å². The van der Waals surface area contributed by atoms with Crippen LogP contribution in [0.2, 0.25) is 0 Å². The second-order valence-electron chi connectivity index (χ2n) is 7.13. The largest absolute Gasteiger partial charge is 0.435 e. The summed E-state index contributed by atoms with van der Waals surface area (Å²) in [6.07, 6.45) is 0. The molecule has 7 nitrogen and oxygen atoms in total. The van der Waals surface area contributed by atoms with E-state index in [4.69, 9.17) is 5.84 Å². The number of para-hydroxylation sites is 2. The molecule has 1 aliphatic heterocycles. The van der Waals surface area contributed by atoms with E-state index in [1.54, 1.807) is 28.8 Å². The molecule has 5 rings (SSSR count). The maximum atomic E-state index is 13.3. The van der Waals surface area contributed by atoms with Gasteiger partial charge in [-0.3, -0.25) is 9.69 Å². The first-order valence-corrected chi connectivity index (χ1v) is 11.9. The van der Waals surface area contributed by atoms with Gasteiger partial charge >= 0.3 is 6.61 Å². The summed E-state index contributed by atoms with van der Waals surface area (Å²) in [5, 5.41) is 8.53. The average molecular weight is 498 g/mol. The fraction of sp³-hybridized carbons (Fsp3) is 0.0870. The molecule has 4 aromatic rings. The van der Waals surface area contributed by atoms with Gasteiger partial charge in [0.25, 0.3) is 0 Å². The van der Waals surface area contributed by atoms with E-state index in [9.17, 15) is 13.6 Å². The Kier molecular flexibility index (Phi) is 6.12. The first-order chi connectivity index (χ1) is 16.5. The van der Waals surface area contributed by atoms with Gasteiger partial charge in [0.15, 0.2) is 5.82 Å². The number of aromatic nitrogens is 3. The molecule has 1 aliphatic rings. The molecule has 0 saturated heterocycles. The molecule has 0 atom stereocenters. The standard InChI is InChI=1S/C23H17F2N5O2S2/c24-22(25)32-15-11-9-14(10-12-15)21-27-28-23(30(21)26)33-13-20(31)29-16-5-1-3-7-18(16)34-19-8-4-2-6-17(19)29/h1-12,22H,13,26H2. The van der Waals surface area contributed by atoms with Crippen LogP contribution < -0.4 is 15.5 Å². The van der Waals surface area contributed by atoms with Crippen molar-refractivity contribution in [2.45, 2.75) is 21.6 Å². The summed E-state index contributed by atoms with van der Waals surface area (Å²) < 4.78 is 30.3. The third kappa shape index (κ3) is 4.31. The van der Waals surface area contributed by atoms with E-state index in [0.717, 1.165) is 21.2 Å². The van der Waals surface area contributed by atoms with Gasteiger partial charge in [-0.05, 0) is 48.5 Å². The lowest BCUT2D eigenvalue weighted by Crippen LogP contribution is -2.30. The number of nitrogen functional groups attached to an aromatic ring is 1. The van der Waals surface area contributed by atoms with Gasteiger partial charge in [-0.15, -0.1) is 10.2 Å². The first kappa shape index (κ1) is 22.2. The Morgan fingerprint density at radius 2 is 1.59 bits per heavy atom. The van der Waals surface area contributed by atoms with E-state index in [2.05, 4.69) is 14.9 Å². The van der Waals surface area contributed by atoms with Crippen molar-refractivity contribution in [2.75, 3.05) is 16.5 Å². The zero-order valence-corrected chi connectivity index (χ0v) is 19.1. The second kappa shape index (κ2) is 9.35. The van der Waals surface area contributed by atoms with Gasteiger partial charge in [0.2, 0.25) is 11.1 Å². The summed E-state index contributed by atoms with van der Waals surface area (Å²) in [4.78, 5) is 17.1. The topological polar surface area (TPSA) is 86.3 Å². The average Bonchev–Trinajstić information content (AvgIpc) is 3.21. The maximum absolute atomic E-state index is 13.3. The minimum atomic E-state index is -2.90. The molecule has 34 heavy (non-hydrogen) atoms. The molecular formula is C23H17F2N5O2S2. The van der Waals surface area contributed by atoms with Crippen LogP contribution in [0, 0.1) is 0 Å². The molecule has 0 bridgehead atoms. The number of rotatable bonds is 6. The van der Waals surface area contributed by atoms with Gasteiger partial charge in [0.05, 0.1) is 17.1 Å². The van der Waals surface area contributed by atoms with Crippen LogP contribution in [0.1, 0.15) is 0 Å². The Hall–Kier alpha value is -3.57. The zero-order chi connectivity index (χ0) is 23.7. The van der Waals surface area contributed by atoms with Crippen molar-refractivity contribution in [1.82, 2.24) is 14.9 Å². The number of benzene rings is 3. The number of carbonyl (C=O) groups is 1. The van der Waals surface area contributed by atoms with E-state index < -0.39 is 6.61 Å². The number of fused-ring (bicyclic) bond motifs is 2. The van der Waals surface area contributed by atoms with Crippen LogP contribution in [0.25, 0.3) is 11.4 Å². The molecule has 172 valence electrons. The number of alkyl halides is 2. The van der Waals surface area contributed by atoms with Gasteiger partial charge in [-0.25, -0.2) is 4.68 Å². The van der Waals surface area contributed by atoms with Crippen molar-refractivity contribution < 1.29 is 18.3 Å². The van der Waals surface area contributed by atoms with Crippen LogP contribution in [-0.4, -0.2) is 33.1 Å². The highest BCUT2D eigenvalue weighted by atomic mass is 32.2. The van der Waals surface area contributed by atoms with Gasteiger partial charge in [0.1, 0.15) is 5.75 Å². The number of hydrogen-bond acceptors (Lipinski definition) is 7. The summed E-state index contributed by atoms with van der Waals surface area (Å²) in [6, 6.07) is 21.4. The number of nitrogens with zero attached hydrogens (tertiary/aromatic N) is 4. The van der Waals surface area contributed by atoms with Crippen LogP contribution in [0.3, 0.4) is 0 Å². The molecule has 0 aliphatic carbocycles. The number of carbonyl (C=O) groups excluding carboxylic acids is 1. The van der Waals surface area contributed by atoms with Crippen LogP contribution >= 0.6 is 23.5 Å². The third-order valence-electron chi connectivity index (χ3n) is 5.01. The molecule has 1 aromatic heterocycles. The summed E-state index contributed by atoms with van der Waals surface area (Å²) in [5.74, 6) is 6.49. The van der Waals surface area contributed by atoms with Crippen molar-refractivity contribution in [3.8, 4) is 17.1 Å². The van der Waals surface area contributed by atoms with Crippen molar-refractivity contribution in [2.24, 2.45) is 0 Å². The van der Waals surface area contributed by atoms with Crippen LogP contribution in [0.15, 0.2) is 87.7 Å². The van der Waals surface area contributed by atoms with Crippen LogP contribution in [0.4, 0.5) is 20.2 Å². The van der Waals surface area contributed by atoms with Crippen LogP contribution in [-0.2, 0) is 4.79 Å². The number of hydrogen-bond donors (Lipinski definition) is 1. The van der Waals surface area contributed by atoms with Gasteiger partial charge in [0, 0.05) is 15.4 Å². The molecule has 0 radical (unpaired) electrons. The maximum Gasteiger partial charge on any atom is 0.387 e. The number of anilines is 2. The van der Waals surface area contributed by atoms with E-state index in [1.807, 2.05) is 48.5 Å². The Balaban J connectivity index is 1.34. The Bertz CT molecular complexity index is 1300. The zero-order valence-electron chi connectivity index (χ0n) is 17.5. The first-order valence-electron chi connectivity index (χ1n) is 10.1. The van der Waals surface area contributed by atoms with Crippen molar-refractivity contribution >= 4 is 40.8 Å². The normalized spacial score (nSPS) is 12.4. The lowest BCUT2D eigenvalue weighted by molar-refractivity contribution is -0.115. The summed E-state index contributed by atoms with van der Waals surface area (Å²) in [6.45, 7) is -2.90. The summed E-state index contributed by atoms with van der Waals surface area (Å²) in [7, 11) is 0. The number of thioether (sulfide) groups is 1. The Labute approximate surface area is 201 Å². The minimum absolute atomic E-state index is 0.0299. The van der Waals surface area contributed by atoms with Crippen molar-refractivity contribution in [3.05, 3.63) is 72.8 Å². The monoisotopic (exact) mass is 497 g/mol. The number of nitrogens with two attached hydrogens (primary N) is 1. The molecule has 11 heteroatoms. The Morgan fingerprint density at radius 3 is 2.21 bits per heavy atom. The SMILES string of the molecule is Nn1c(SCC(=O)N2c3ccccc3Sc3ccccc32)nnc1-c1ccc(OC(F)F)cc1. The molecule has 2 heterocycles. The molecule has 0 saturated carbocycles. The number of ether oxygens (including phenoxy) is 1. The highest BCUT2D eigenvalue weighted by Crippen LogP contribution is 2.48. The summed E-state index contributed by atoms with van der Waals surface area (Å²) in [5.41, 5.74) is 2.24. The van der Waals surface area contributed by atoms with Crippen LogP contribution in [0.5, 0.6) is 5.75 Å². The molecule has 3 aromatic carbocycles. The fourth-order valence-electron chi connectivity index (χ4n) is 3.52. The van der Waals surface area contributed by atoms with Gasteiger partial charge in [-0.1, -0.05) is 47.8 Å². The van der Waals surface area contributed by atoms with E-state index in [0.29, 0.717) is 16.5 Å². The van der Waals surface area contributed by atoms with E-state index >= 15 is 0 Å². The lowest BCUT2D eigenvalue weighted by atomic mass is 10.2. The van der Waals surface area contributed by atoms with E-state index in [-0.39, 0.29) is 17.4 Å². The number of halogens is 2. The van der Waals surface area contributed by atoms with Gasteiger partial charge < -0.3 is 10.6 Å². The molecule has 0 unspecified atom stereocenters. The summed E-state index contributed by atoms with van der Waals surface area (Å²) >= 11 is 2.80. The minimum Gasteiger partial charge on any atom is -0.435 e. The Morgan fingerprint density at radius 1 is 0.971 bits per heavy atom. The molecular weight excluding hydrogens is 480 g/mol. The van der Waals surface area contributed by atoms with Crippen molar-refractivity contribution in [3.63, 3.8) is 0 Å². The molecule has 2 N–H and O–H groups in total. The highest BCUT2D eigenvalue weighted by Gasteiger charge is 2.28. The predicted octanol–water partition coefficient (Wildman–Crippen LogP) is 5.18. The number of amides is 1. The molecule has 0 spiro atoms. The molecule has 0 fully saturated rings. The molecule has 1 amide bonds. The lowest BCUT2D eigenvalue weighted by Gasteiger charge is -2.30. The fourth-order valence-corrected chi connectivity index (χ4v) is 5.29. The smallest absolute Gasteiger partial charge is 0.387 e. The predicted molar refractivity (Wildman–Crippen MR) is 127 cm³/mol. The second-order valence-corrected chi connectivity index (χ2v) is 9.16. The van der Waals surface area contributed by atoms with E-state index in [1.165, 1.54) is 28.6 Å². The highest BCUT2D eigenvalue weighted by molar-refractivity contribution is 8.00. The quantitative estimate of drug-likeness (QED) is 0.290. The third-order valence-corrected chi connectivity index (χ3v) is 7.07.